The van der Waals surface area contributed by atoms with Crippen LogP contribution in [0.4, 0.5) is 0 Å². The number of rotatable bonds is 9. The van der Waals surface area contributed by atoms with Gasteiger partial charge in [-0.15, -0.1) is 0 Å². The minimum Gasteiger partial charge on any atom is -0.756 e. The molecule has 2 aliphatic rings. The van der Waals surface area contributed by atoms with Crippen molar-refractivity contribution in [2.75, 3.05) is 20.7 Å². The molecule has 1 aromatic rings. The van der Waals surface area contributed by atoms with Gasteiger partial charge in [0.05, 0.1) is 26.8 Å². The third-order valence-electron chi connectivity index (χ3n) is 5.89. The second-order valence-corrected chi connectivity index (χ2v) is 11.7. The molecule has 0 spiro atoms. The summed E-state index contributed by atoms with van der Waals surface area (Å²) in [4.78, 5) is 51.0. The van der Waals surface area contributed by atoms with E-state index in [0.29, 0.717) is 6.42 Å². The highest BCUT2D eigenvalue weighted by Gasteiger charge is 2.38. The van der Waals surface area contributed by atoms with E-state index in [9.17, 15) is 33.6 Å². The number of phosphoric acid groups is 2. The van der Waals surface area contributed by atoms with Gasteiger partial charge in [0.1, 0.15) is 24.5 Å². The molecule has 0 amide bonds. The number of aromatic nitrogens is 2. The first-order chi connectivity index (χ1) is 16.2. The van der Waals surface area contributed by atoms with E-state index in [2.05, 4.69) is 13.8 Å². The van der Waals surface area contributed by atoms with E-state index >= 15 is 0 Å². The zero-order chi connectivity index (χ0) is 26.1. The molecule has 3 rings (SSSR count). The predicted molar refractivity (Wildman–Crippen MR) is 114 cm³/mol. The number of phosphoric ester groups is 2. The number of ether oxygens (including phenoxy) is 2. The molecule has 8 atom stereocenters. The summed E-state index contributed by atoms with van der Waals surface area (Å²) in [6, 6.07) is 0.119. The van der Waals surface area contributed by atoms with Crippen LogP contribution in [-0.2, 0) is 32.0 Å². The highest BCUT2D eigenvalue weighted by molar-refractivity contribution is 7.59. The van der Waals surface area contributed by atoms with Crippen LogP contribution < -0.4 is 25.9 Å². The number of aryl methyl sites for hydroxylation is 1. The summed E-state index contributed by atoms with van der Waals surface area (Å²) in [6.45, 7) is 2.43. The molecule has 2 fully saturated rings. The molecular weight excluding hydrogens is 512 g/mol. The Balaban J connectivity index is 1.54. The van der Waals surface area contributed by atoms with Crippen molar-refractivity contribution >= 4 is 15.6 Å². The lowest BCUT2D eigenvalue weighted by atomic mass is 10.0. The summed E-state index contributed by atoms with van der Waals surface area (Å²) in [5.41, 5.74) is -1.13. The highest BCUT2D eigenvalue weighted by Crippen LogP contribution is 2.56. The van der Waals surface area contributed by atoms with Crippen LogP contribution in [0.25, 0.3) is 0 Å². The van der Waals surface area contributed by atoms with Crippen molar-refractivity contribution in [3.63, 3.8) is 0 Å². The third-order valence-corrected chi connectivity index (χ3v) is 8.45. The first kappa shape index (κ1) is 28.4. The van der Waals surface area contributed by atoms with Gasteiger partial charge in [-0.25, -0.2) is 9.11 Å². The molecule has 0 aromatic carbocycles. The summed E-state index contributed by atoms with van der Waals surface area (Å²) >= 11 is 0. The molecular formula is C18H30N3O12P2-. The Morgan fingerprint density at radius 1 is 1.23 bits per heavy atom. The Morgan fingerprint density at radius 2 is 1.91 bits per heavy atom. The lowest BCUT2D eigenvalue weighted by Crippen LogP contribution is -3.11. The topological polar surface area (TPSA) is 206 Å². The smallest absolute Gasteiger partial charge is 0.330 e. The van der Waals surface area contributed by atoms with Crippen LogP contribution in [-0.4, -0.2) is 66.0 Å². The Bertz CT molecular complexity index is 1110. The molecule has 3 N–H and O–H groups in total. The minimum atomic E-state index is -5.44. The number of hydrogen-bond acceptors (Lipinski definition) is 12. The van der Waals surface area contributed by atoms with E-state index < -0.39 is 58.2 Å². The van der Waals surface area contributed by atoms with E-state index in [-0.39, 0.29) is 30.6 Å². The lowest BCUT2D eigenvalue weighted by molar-refractivity contribution is -0.892. The molecule has 0 saturated carbocycles. The summed E-state index contributed by atoms with van der Waals surface area (Å²) in [6.07, 6.45) is -3.10. The predicted octanol–water partition coefficient (Wildman–Crippen LogP) is -2.48. The van der Waals surface area contributed by atoms with Crippen molar-refractivity contribution in [3.8, 4) is 0 Å². The first-order valence-corrected chi connectivity index (χ1v) is 13.9. The molecule has 2 unspecified atom stereocenters. The molecule has 17 heteroatoms. The average Bonchev–Trinajstić information content (AvgIpc) is 3.08. The van der Waals surface area contributed by atoms with Gasteiger partial charge < -0.3 is 33.8 Å². The molecule has 15 nitrogen and oxygen atoms in total. The van der Waals surface area contributed by atoms with Crippen molar-refractivity contribution in [1.29, 1.82) is 0 Å². The monoisotopic (exact) mass is 542 g/mol. The molecule has 2 aliphatic heterocycles. The highest BCUT2D eigenvalue weighted by atomic mass is 31.3. The summed E-state index contributed by atoms with van der Waals surface area (Å²) in [5.74, 6) is 0. The number of aromatic amines is 1. The van der Waals surface area contributed by atoms with E-state index in [0.717, 1.165) is 9.47 Å². The maximum absolute atomic E-state index is 12.1. The van der Waals surface area contributed by atoms with Gasteiger partial charge in [0, 0.05) is 31.0 Å². The summed E-state index contributed by atoms with van der Waals surface area (Å²) < 4.78 is 49.7. The zero-order valence-electron chi connectivity index (χ0n) is 19.6. The van der Waals surface area contributed by atoms with Gasteiger partial charge in [0.2, 0.25) is 0 Å². The molecule has 0 aliphatic carbocycles. The molecule has 2 saturated heterocycles. The number of nitrogens with zero attached hydrogens (tertiary/aromatic N) is 1. The quantitative estimate of drug-likeness (QED) is 0.277. The van der Waals surface area contributed by atoms with Crippen LogP contribution in [0.1, 0.15) is 38.0 Å². The Morgan fingerprint density at radius 3 is 2.54 bits per heavy atom. The van der Waals surface area contributed by atoms with Gasteiger partial charge in [-0.3, -0.25) is 28.0 Å². The second-order valence-electron chi connectivity index (χ2n) is 8.82. The number of nitrogens with one attached hydrogen (secondary N) is 2. The number of aliphatic hydroxyl groups is 1. The SMILES string of the molecule is Cc1cn([C@H]2C[C@H](O)[C@@H](COP(=O)([O-])OP(=O)([O-])O[C@@H]3CC[C@H]([NH+](C)C)[C@@H](C)O3)O2)c(=O)[nH]c1=O. The first-order valence-electron chi connectivity index (χ1n) is 10.9. The van der Waals surface area contributed by atoms with E-state index in [4.69, 9.17) is 14.0 Å². The van der Waals surface area contributed by atoms with Gasteiger partial charge >= 0.3 is 5.69 Å². The minimum absolute atomic E-state index is 0.112. The second kappa shape index (κ2) is 11.0. The van der Waals surface area contributed by atoms with Crippen LogP contribution in [0.3, 0.4) is 0 Å². The van der Waals surface area contributed by atoms with Crippen LogP contribution in [0, 0.1) is 6.92 Å². The van der Waals surface area contributed by atoms with Crippen LogP contribution in [0.15, 0.2) is 15.8 Å². The summed E-state index contributed by atoms with van der Waals surface area (Å²) in [5, 5.41) is 10.2. The van der Waals surface area contributed by atoms with Crippen molar-refractivity contribution < 1.29 is 51.8 Å². The van der Waals surface area contributed by atoms with E-state index in [1.165, 1.54) is 13.1 Å². The van der Waals surface area contributed by atoms with Crippen molar-refractivity contribution in [2.45, 2.75) is 70.0 Å². The fraction of sp³-hybridized carbons (Fsp3) is 0.778. The molecule has 200 valence electrons. The van der Waals surface area contributed by atoms with E-state index in [1.54, 1.807) is 6.92 Å². The number of hydrogen-bond donors (Lipinski definition) is 3. The van der Waals surface area contributed by atoms with Gasteiger partial charge in [0.15, 0.2) is 6.29 Å². The van der Waals surface area contributed by atoms with Crippen molar-refractivity contribution in [2.24, 2.45) is 0 Å². The van der Waals surface area contributed by atoms with Gasteiger partial charge in [-0.2, -0.15) is 0 Å². The van der Waals surface area contributed by atoms with E-state index in [1.807, 2.05) is 14.1 Å². The number of likely N-dealkylation sites (N-methyl/N-ethyl adjacent to an activating group) is 1. The number of quaternary nitrogens is 1. The van der Waals surface area contributed by atoms with Crippen LogP contribution >= 0.6 is 15.6 Å². The normalized spacial score (nSPS) is 32.9. The maximum atomic E-state index is 12.1. The number of aliphatic hydroxyl groups excluding tert-OH is 1. The Labute approximate surface area is 200 Å². The fourth-order valence-corrected chi connectivity index (χ4v) is 6.19. The molecule has 0 bridgehead atoms. The largest absolute Gasteiger partial charge is 0.756 e. The fourth-order valence-electron chi connectivity index (χ4n) is 4.10. The molecule has 1 aromatic heterocycles. The van der Waals surface area contributed by atoms with Gasteiger partial charge in [0.25, 0.3) is 21.2 Å². The van der Waals surface area contributed by atoms with Gasteiger partial charge in [-0.05, 0) is 13.8 Å². The van der Waals surface area contributed by atoms with Gasteiger partial charge in [-0.1, -0.05) is 0 Å². The van der Waals surface area contributed by atoms with Crippen LogP contribution in [0.2, 0.25) is 0 Å². The third kappa shape index (κ3) is 7.40. The Hall–Kier alpha value is -1.22. The molecule has 3 heterocycles. The Kier molecular flexibility index (Phi) is 8.94. The maximum Gasteiger partial charge on any atom is 0.330 e. The number of H-pyrrole nitrogens is 1. The van der Waals surface area contributed by atoms with Crippen molar-refractivity contribution in [3.05, 3.63) is 32.6 Å². The summed E-state index contributed by atoms with van der Waals surface area (Å²) in [7, 11) is -6.94. The molecule has 35 heavy (non-hydrogen) atoms. The lowest BCUT2D eigenvalue weighted by Gasteiger charge is -2.38. The average molecular weight is 542 g/mol. The standard InChI is InChI=1S/C18H31N3O12P2/c1-10-8-21(18(24)19-17(10)23)15-7-13(22)14(31-15)9-29-34(25,26)33-35(27,28)32-16-6-5-12(20(3)4)11(2)30-16/h8,11-16,22H,5-7,9H2,1-4H3,(H,25,26)(H,27,28)(H,19,23,24)/p-1/t11-,12+,13+,14-,15-,16-/m1/s1. The zero-order valence-corrected chi connectivity index (χ0v) is 21.4. The van der Waals surface area contributed by atoms with Crippen LogP contribution in [0.5, 0.6) is 0 Å². The van der Waals surface area contributed by atoms with Crippen molar-refractivity contribution in [1.82, 2.24) is 9.55 Å². The molecule has 0 radical (unpaired) electrons.